The Balaban J connectivity index is 2.03. The summed E-state index contributed by atoms with van der Waals surface area (Å²) in [6.07, 6.45) is 2.54. The van der Waals surface area contributed by atoms with Crippen molar-refractivity contribution in [1.82, 2.24) is 9.78 Å². The summed E-state index contributed by atoms with van der Waals surface area (Å²) in [5, 5.41) is 9.77. The topological polar surface area (TPSA) is 85.0 Å². The molecule has 0 saturated carbocycles. The van der Waals surface area contributed by atoms with E-state index < -0.39 is 0 Å². The van der Waals surface area contributed by atoms with Gasteiger partial charge in [0.2, 0.25) is 0 Å². The SMILES string of the molecule is CCc1nn(C)cc1NC(=O)Nc1ccc(N)cc1. The number of urea groups is 1. The van der Waals surface area contributed by atoms with Crippen molar-refractivity contribution < 1.29 is 4.79 Å². The normalized spacial score (nSPS) is 10.2. The zero-order valence-electron chi connectivity index (χ0n) is 11.0. The van der Waals surface area contributed by atoms with Gasteiger partial charge in [0.15, 0.2) is 0 Å². The highest BCUT2D eigenvalue weighted by Gasteiger charge is 2.09. The minimum absolute atomic E-state index is 0.299. The van der Waals surface area contributed by atoms with E-state index in [2.05, 4.69) is 15.7 Å². The maximum absolute atomic E-state index is 11.9. The Hall–Kier alpha value is -2.50. The van der Waals surface area contributed by atoms with E-state index in [1.54, 1.807) is 35.1 Å². The molecule has 0 spiro atoms. The summed E-state index contributed by atoms with van der Waals surface area (Å²) in [5.41, 5.74) is 8.51. The number of anilines is 3. The highest BCUT2D eigenvalue weighted by Crippen LogP contribution is 2.15. The Morgan fingerprint density at radius 2 is 2.00 bits per heavy atom. The molecule has 2 amide bonds. The summed E-state index contributed by atoms with van der Waals surface area (Å²) in [6.45, 7) is 1.99. The van der Waals surface area contributed by atoms with Crippen molar-refractivity contribution in [3.8, 4) is 0 Å². The Labute approximate surface area is 111 Å². The second-order valence-electron chi connectivity index (χ2n) is 4.22. The van der Waals surface area contributed by atoms with Gasteiger partial charge < -0.3 is 16.4 Å². The standard InChI is InChI=1S/C13H17N5O/c1-3-11-12(8-18(2)17-11)16-13(19)15-10-6-4-9(14)5-7-10/h4-8H,3,14H2,1-2H3,(H2,15,16,19). The Kier molecular flexibility index (Phi) is 3.70. The molecule has 0 aliphatic heterocycles. The maximum atomic E-state index is 11.9. The Morgan fingerprint density at radius 1 is 1.32 bits per heavy atom. The molecule has 0 bridgehead atoms. The van der Waals surface area contributed by atoms with Crippen LogP contribution in [-0.4, -0.2) is 15.8 Å². The van der Waals surface area contributed by atoms with E-state index in [0.29, 0.717) is 11.4 Å². The molecule has 0 saturated heterocycles. The lowest BCUT2D eigenvalue weighted by molar-refractivity contribution is 0.262. The van der Waals surface area contributed by atoms with Crippen LogP contribution in [0.3, 0.4) is 0 Å². The van der Waals surface area contributed by atoms with Crippen LogP contribution in [0.15, 0.2) is 30.5 Å². The van der Waals surface area contributed by atoms with Gasteiger partial charge in [-0.15, -0.1) is 0 Å². The molecule has 2 rings (SSSR count). The van der Waals surface area contributed by atoms with Crippen molar-refractivity contribution in [1.29, 1.82) is 0 Å². The zero-order chi connectivity index (χ0) is 13.8. The molecule has 0 fully saturated rings. The molecule has 1 heterocycles. The number of nitrogen functional groups attached to an aromatic ring is 1. The molecule has 1 aromatic carbocycles. The Morgan fingerprint density at radius 3 is 2.63 bits per heavy atom. The molecule has 19 heavy (non-hydrogen) atoms. The molecule has 0 unspecified atom stereocenters. The number of carbonyl (C=O) groups excluding carboxylic acids is 1. The number of carbonyl (C=O) groups is 1. The molecule has 0 aliphatic carbocycles. The fourth-order valence-electron chi connectivity index (χ4n) is 1.75. The van der Waals surface area contributed by atoms with Crippen molar-refractivity contribution in [2.75, 3.05) is 16.4 Å². The molecule has 6 nitrogen and oxygen atoms in total. The van der Waals surface area contributed by atoms with Gasteiger partial charge in [0.05, 0.1) is 11.4 Å². The predicted molar refractivity (Wildman–Crippen MR) is 76.1 cm³/mol. The van der Waals surface area contributed by atoms with E-state index in [-0.39, 0.29) is 6.03 Å². The average molecular weight is 259 g/mol. The molecule has 4 N–H and O–H groups in total. The third-order valence-electron chi connectivity index (χ3n) is 2.66. The molecule has 1 aromatic heterocycles. The van der Waals surface area contributed by atoms with Gasteiger partial charge in [-0.1, -0.05) is 6.92 Å². The second-order valence-corrected chi connectivity index (χ2v) is 4.22. The van der Waals surface area contributed by atoms with E-state index in [9.17, 15) is 4.79 Å². The van der Waals surface area contributed by atoms with Gasteiger partial charge >= 0.3 is 6.03 Å². The molecular weight excluding hydrogens is 242 g/mol. The quantitative estimate of drug-likeness (QED) is 0.739. The Bertz CT molecular complexity index is 573. The third kappa shape index (κ3) is 3.25. The monoisotopic (exact) mass is 259 g/mol. The highest BCUT2D eigenvalue weighted by atomic mass is 16.2. The van der Waals surface area contributed by atoms with Crippen LogP contribution in [0.5, 0.6) is 0 Å². The summed E-state index contributed by atoms with van der Waals surface area (Å²) in [4.78, 5) is 11.9. The molecule has 100 valence electrons. The number of aryl methyl sites for hydroxylation is 2. The van der Waals surface area contributed by atoms with Gasteiger partial charge in [-0.3, -0.25) is 4.68 Å². The average Bonchev–Trinajstić information content (AvgIpc) is 2.72. The van der Waals surface area contributed by atoms with Gasteiger partial charge in [-0.25, -0.2) is 4.79 Å². The van der Waals surface area contributed by atoms with E-state index in [1.165, 1.54) is 0 Å². The van der Waals surface area contributed by atoms with Crippen molar-refractivity contribution in [3.05, 3.63) is 36.2 Å². The van der Waals surface area contributed by atoms with Gasteiger partial charge in [0, 0.05) is 24.6 Å². The first-order chi connectivity index (χ1) is 9.08. The van der Waals surface area contributed by atoms with Crippen molar-refractivity contribution >= 4 is 23.1 Å². The summed E-state index contributed by atoms with van der Waals surface area (Å²) in [6, 6.07) is 6.67. The summed E-state index contributed by atoms with van der Waals surface area (Å²) < 4.78 is 1.68. The minimum Gasteiger partial charge on any atom is -0.399 e. The van der Waals surface area contributed by atoms with Crippen LogP contribution in [0.2, 0.25) is 0 Å². The number of nitrogens with one attached hydrogen (secondary N) is 2. The molecule has 0 aliphatic rings. The molecular formula is C13H17N5O. The first-order valence-corrected chi connectivity index (χ1v) is 6.04. The molecule has 0 atom stereocenters. The van der Waals surface area contributed by atoms with E-state index in [4.69, 9.17) is 5.73 Å². The second kappa shape index (κ2) is 5.43. The van der Waals surface area contributed by atoms with Crippen molar-refractivity contribution in [2.45, 2.75) is 13.3 Å². The lowest BCUT2D eigenvalue weighted by Gasteiger charge is -2.07. The van der Waals surface area contributed by atoms with Crippen LogP contribution >= 0.6 is 0 Å². The smallest absolute Gasteiger partial charge is 0.323 e. The lowest BCUT2D eigenvalue weighted by Crippen LogP contribution is -2.19. The number of aromatic nitrogens is 2. The van der Waals surface area contributed by atoms with Gasteiger partial charge in [-0.2, -0.15) is 5.10 Å². The highest BCUT2D eigenvalue weighted by molar-refractivity contribution is 6.00. The number of rotatable bonds is 3. The van der Waals surface area contributed by atoms with Crippen LogP contribution in [0.25, 0.3) is 0 Å². The number of nitrogens with zero attached hydrogens (tertiary/aromatic N) is 2. The fourth-order valence-corrected chi connectivity index (χ4v) is 1.75. The number of amides is 2. The van der Waals surface area contributed by atoms with E-state index in [1.807, 2.05) is 14.0 Å². The largest absolute Gasteiger partial charge is 0.399 e. The third-order valence-corrected chi connectivity index (χ3v) is 2.66. The first kappa shape index (κ1) is 12.9. The first-order valence-electron chi connectivity index (χ1n) is 6.04. The fraction of sp³-hybridized carbons (Fsp3) is 0.231. The zero-order valence-corrected chi connectivity index (χ0v) is 11.0. The van der Waals surface area contributed by atoms with Crippen LogP contribution in [0, 0.1) is 0 Å². The number of nitrogens with two attached hydrogens (primary N) is 1. The van der Waals surface area contributed by atoms with Gasteiger partial charge in [-0.05, 0) is 30.7 Å². The summed E-state index contributed by atoms with van der Waals surface area (Å²) >= 11 is 0. The van der Waals surface area contributed by atoms with Crippen LogP contribution < -0.4 is 16.4 Å². The van der Waals surface area contributed by atoms with Crippen LogP contribution in [-0.2, 0) is 13.5 Å². The summed E-state index contributed by atoms with van der Waals surface area (Å²) in [5.74, 6) is 0. The predicted octanol–water partition coefficient (Wildman–Crippen LogP) is 2.21. The van der Waals surface area contributed by atoms with Crippen LogP contribution in [0.4, 0.5) is 21.9 Å². The van der Waals surface area contributed by atoms with Crippen molar-refractivity contribution in [2.24, 2.45) is 7.05 Å². The lowest BCUT2D eigenvalue weighted by atomic mass is 10.3. The van der Waals surface area contributed by atoms with Gasteiger partial charge in [0.1, 0.15) is 0 Å². The molecule has 6 heteroatoms. The molecule has 0 radical (unpaired) electrons. The summed E-state index contributed by atoms with van der Waals surface area (Å²) in [7, 11) is 1.82. The van der Waals surface area contributed by atoms with Gasteiger partial charge in [0.25, 0.3) is 0 Å². The minimum atomic E-state index is -0.299. The number of hydrogen-bond acceptors (Lipinski definition) is 3. The van der Waals surface area contributed by atoms with Crippen molar-refractivity contribution in [3.63, 3.8) is 0 Å². The number of benzene rings is 1. The van der Waals surface area contributed by atoms with E-state index >= 15 is 0 Å². The molecule has 2 aromatic rings. The van der Waals surface area contributed by atoms with Crippen LogP contribution in [0.1, 0.15) is 12.6 Å². The maximum Gasteiger partial charge on any atom is 0.323 e. The number of hydrogen-bond donors (Lipinski definition) is 3. The van der Waals surface area contributed by atoms with E-state index in [0.717, 1.165) is 17.8 Å².